The van der Waals surface area contributed by atoms with Gasteiger partial charge in [0.1, 0.15) is 11.4 Å². The van der Waals surface area contributed by atoms with Gasteiger partial charge in [-0.15, -0.1) is 10.2 Å². The van der Waals surface area contributed by atoms with Crippen molar-refractivity contribution >= 4 is 45.2 Å². The van der Waals surface area contributed by atoms with Gasteiger partial charge in [0.05, 0.1) is 10.4 Å². The first kappa shape index (κ1) is 15.5. The first-order valence-electron chi connectivity index (χ1n) is 7.36. The van der Waals surface area contributed by atoms with Crippen molar-refractivity contribution in [2.75, 3.05) is 0 Å². The summed E-state index contributed by atoms with van der Waals surface area (Å²) in [5.74, 6) is 0. The van der Waals surface area contributed by atoms with Gasteiger partial charge in [-0.1, -0.05) is 60.1 Å². The molecule has 0 N–H and O–H groups in total. The molecule has 4 rings (SSSR count). The standard InChI is InChI=1S/C18H12ClIN4/c1-24-18-14(17(23-24)12-9-5-6-10-13(12)20)15(19)16(21-22-18)11-7-3-2-4-8-11/h2-10H,1H3. The molecule has 0 aliphatic rings. The fourth-order valence-electron chi connectivity index (χ4n) is 2.71. The molecule has 0 saturated heterocycles. The third kappa shape index (κ3) is 2.48. The van der Waals surface area contributed by atoms with Crippen LogP contribution in [0.3, 0.4) is 0 Å². The molecule has 2 aromatic heterocycles. The third-order valence-corrected chi connectivity index (χ3v) is 5.17. The molecule has 24 heavy (non-hydrogen) atoms. The average molecular weight is 447 g/mol. The molecule has 0 unspecified atom stereocenters. The lowest BCUT2D eigenvalue weighted by atomic mass is 10.1. The minimum absolute atomic E-state index is 0.578. The molecule has 0 amide bonds. The van der Waals surface area contributed by atoms with Crippen molar-refractivity contribution in [1.29, 1.82) is 0 Å². The van der Waals surface area contributed by atoms with E-state index in [-0.39, 0.29) is 0 Å². The second kappa shape index (κ2) is 6.14. The first-order valence-corrected chi connectivity index (χ1v) is 8.81. The molecule has 0 fully saturated rings. The summed E-state index contributed by atoms with van der Waals surface area (Å²) in [7, 11) is 1.86. The van der Waals surface area contributed by atoms with Crippen LogP contribution in [0.1, 0.15) is 0 Å². The van der Waals surface area contributed by atoms with E-state index in [1.807, 2.05) is 55.6 Å². The van der Waals surface area contributed by atoms with E-state index in [9.17, 15) is 0 Å². The zero-order valence-electron chi connectivity index (χ0n) is 12.7. The lowest BCUT2D eigenvalue weighted by molar-refractivity contribution is 0.781. The minimum Gasteiger partial charge on any atom is -0.248 e. The summed E-state index contributed by atoms with van der Waals surface area (Å²) in [5.41, 5.74) is 4.15. The van der Waals surface area contributed by atoms with E-state index in [1.54, 1.807) is 4.68 Å². The van der Waals surface area contributed by atoms with Gasteiger partial charge in [-0.25, -0.2) is 4.68 Å². The van der Waals surface area contributed by atoms with Crippen LogP contribution in [0, 0.1) is 3.57 Å². The van der Waals surface area contributed by atoms with Crippen LogP contribution < -0.4 is 0 Å². The van der Waals surface area contributed by atoms with Gasteiger partial charge in [-0.2, -0.15) is 5.10 Å². The molecule has 4 aromatic rings. The predicted molar refractivity (Wildman–Crippen MR) is 105 cm³/mol. The van der Waals surface area contributed by atoms with Crippen LogP contribution in [0.15, 0.2) is 54.6 Å². The van der Waals surface area contributed by atoms with Crippen molar-refractivity contribution in [2.24, 2.45) is 7.05 Å². The van der Waals surface area contributed by atoms with E-state index < -0.39 is 0 Å². The quantitative estimate of drug-likeness (QED) is 0.409. The van der Waals surface area contributed by atoms with Crippen LogP contribution in [-0.4, -0.2) is 20.0 Å². The van der Waals surface area contributed by atoms with Crippen LogP contribution in [-0.2, 0) is 7.05 Å². The summed E-state index contributed by atoms with van der Waals surface area (Å²) >= 11 is 9.05. The van der Waals surface area contributed by atoms with E-state index in [0.717, 1.165) is 25.8 Å². The Morgan fingerprint density at radius 3 is 2.38 bits per heavy atom. The van der Waals surface area contributed by atoms with Crippen molar-refractivity contribution < 1.29 is 0 Å². The second-order valence-corrected chi connectivity index (χ2v) is 6.92. The maximum atomic E-state index is 6.74. The summed E-state index contributed by atoms with van der Waals surface area (Å²) in [6.07, 6.45) is 0. The Morgan fingerprint density at radius 2 is 1.62 bits per heavy atom. The highest BCUT2D eigenvalue weighted by atomic mass is 127. The number of rotatable bonds is 2. The van der Waals surface area contributed by atoms with E-state index in [1.165, 1.54) is 0 Å². The molecule has 2 heterocycles. The van der Waals surface area contributed by atoms with Crippen LogP contribution in [0.5, 0.6) is 0 Å². The molecule has 0 aliphatic heterocycles. The molecular weight excluding hydrogens is 435 g/mol. The highest BCUT2D eigenvalue weighted by Gasteiger charge is 2.20. The molecule has 0 atom stereocenters. The Morgan fingerprint density at radius 1 is 0.917 bits per heavy atom. The number of benzene rings is 2. The van der Waals surface area contributed by atoms with Gasteiger partial charge in [0, 0.05) is 21.7 Å². The summed E-state index contributed by atoms with van der Waals surface area (Å²) < 4.78 is 2.84. The Labute approximate surface area is 157 Å². The molecule has 0 aliphatic carbocycles. The van der Waals surface area contributed by atoms with Gasteiger partial charge in [0.15, 0.2) is 5.65 Å². The Hall–Kier alpha value is -1.99. The fraction of sp³-hybridized carbons (Fsp3) is 0.0556. The molecule has 118 valence electrons. The predicted octanol–water partition coefficient (Wildman–Crippen LogP) is 4.96. The zero-order chi connectivity index (χ0) is 16.7. The number of aromatic nitrogens is 4. The summed E-state index contributed by atoms with van der Waals surface area (Å²) in [4.78, 5) is 0. The van der Waals surface area contributed by atoms with Gasteiger partial charge < -0.3 is 0 Å². The summed E-state index contributed by atoms with van der Waals surface area (Å²) in [6.45, 7) is 0. The molecule has 0 spiro atoms. The van der Waals surface area contributed by atoms with Gasteiger partial charge in [0.25, 0.3) is 0 Å². The first-order chi connectivity index (χ1) is 11.7. The van der Waals surface area contributed by atoms with Gasteiger partial charge in [-0.05, 0) is 28.7 Å². The Kier molecular flexibility index (Phi) is 3.97. The van der Waals surface area contributed by atoms with E-state index in [0.29, 0.717) is 16.4 Å². The van der Waals surface area contributed by atoms with E-state index in [2.05, 4.69) is 44.0 Å². The fourth-order valence-corrected chi connectivity index (χ4v) is 3.68. The molecule has 2 aromatic carbocycles. The monoisotopic (exact) mass is 446 g/mol. The number of halogens is 2. The van der Waals surface area contributed by atoms with Crippen molar-refractivity contribution in [3.8, 4) is 22.5 Å². The average Bonchev–Trinajstić information content (AvgIpc) is 2.94. The SMILES string of the molecule is Cn1nc(-c2ccccc2I)c2c(Cl)c(-c3ccccc3)nnc21. The minimum atomic E-state index is 0.578. The molecule has 4 nitrogen and oxygen atoms in total. The number of nitrogens with zero attached hydrogens (tertiary/aromatic N) is 4. The van der Waals surface area contributed by atoms with Gasteiger partial charge in [-0.3, -0.25) is 0 Å². The van der Waals surface area contributed by atoms with Crippen LogP contribution >= 0.6 is 34.2 Å². The molecular formula is C18H12ClIN4. The van der Waals surface area contributed by atoms with Crippen molar-refractivity contribution in [3.63, 3.8) is 0 Å². The largest absolute Gasteiger partial charge is 0.248 e. The Bertz CT molecular complexity index is 1040. The number of hydrogen-bond acceptors (Lipinski definition) is 3. The van der Waals surface area contributed by atoms with Crippen molar-refractivity contribution in [1.82, 2.24) is 20.0 Å². The van der Waals surface area contributed by atoms with Gasteiger partial charge in [0.2, 0.25) is 0 Å². The normalized spacial score (nSPS) is 11.1. The lowest BCUT2D eigenvalue weighted by Crippen LogP contribution is -1.95. The topological polar surface area (TPSA) is 43.6 Å². The molecule has 0 bridgehead atoms. The highest BCUT2D eigenvalue weighted by Crippen LogP contribution is 2.37. The number of aryl methyl sites for hydroxylation is 1. The highest BCUT2D eigenvalue weighted by molar-refractivity contribution is 14.1. The maximum absolute atomic E-state index is 6.74. The second-order valence-electron chi connectivity index (χ2n) is 5.38. The maximum Gasteiger partial charge on any atom is 0.182 e. The zero-order valence-corrected chi connectivity index (χ0v) is 15.7. The molecule has 0 radical (unpaired) electrons. The van der Waals surface area contributed by atoms with E-state index >= 15 is 0 Å². The lowest BCUT2D eigenvalue weighted by Gasteiger charge is -2.06. The number of hydrogen-bond donors (Lipinski definition) is 0. The smallest absolute Gasteiger partial charge is 0.182 e. The van der Waals surface area contributed by atoms with Crippen molar-refractivity contribution in [2.45, 2.75) is 0 Å². The third-order valence-electron chi connectivity index (χ3n) is 3.87. The van der Waals surface area contributed by atoms with E-state index in [4.69, 9.17) is 11.6 Å². The van der Waals surface area contributed by atoms with Crippen LogP contribution in [0.2, 0.25) is 5.02 Å². The van der Waals surface area contributed by atoms with Crippen LogP contribution in [0.25, 0.3) is 33.5 Å². The summed E-state index contributed by atoms with van der Waals surface area (Å²) in [5, 5.41) is 14.7. The van der Waals surface area contributed by atoms with Crippen LogP contribution in [0.4, 0.5) is 0 Å². The molecule has 6 heteroatoms. The van der Waals surface area contributed by atoms with Crippen molar-refractivity contribution in [3.05, 3.63) is 63.2 Å². The van der Waals surface area contributed by atoms with Gasteiger partial charge >= 0.3 is 0 Å². The summed E-state index contributed by atoms with van der Waals surface area (Å²) in [6, 6.07) is 17.9. The number of fused-ring (bicyclic) bond motifs is 1. The molecule has 0 saturated carbocycles. The Balaban J connectivity index is 2.05.